The van der Waals surface area contributed by atoms with Crippen molar-refractivity contribution in [2.45, 2.75) is 13.5 Å². The molecule has 132 valence electrons. The molecule has 2 amide bonds. The number of anilines is 1. The van der Waals surface area contributed by atoms with Crippen LogP contribution in [0.5, 0.6) is 0 Å². The van der Waals surface area contributed by atoms with Crippen LogP contribution in [0.2, 0.25) is 0 Å². The number of fused-ring (bicyclic) bond motifs is 1. The fourth-order valence-electron chi connectivity index (χ4n) is 2.38. The number of esters is 1. The standard InChI is InChI=1S/C18H16N4O4/c1-11-6-7-22-15(8-11)20-14(9-16(22)23)10-26-17(24)12-2-4-13(5-3-12)21-18(19)25/h2-9H,10H2,1H3,(H3,19,21,25). The van der Waals surface area contributed by atoms with Crippen LogP contribution in [0, 0.1) is 6.92 Å². The van der Waals surface area contributed by atoms with Gasteiger partial charge in [-0.15, -0.1) is 0 Å². The lowest BCUT2D eigenvalue weighted by Crippen LogP contribution is -2.19. The number of hydrogen-bond acceptors (Lipinski definition) is 5. The van der Waals surface area contributed by atoms with Crippen LogP contribution in [-0.4, -0.2) is 21.4 Å². The van der Waals surface area contributed by atoms with E-state index in [1.165, 1.54) is 34.7 Å². The largest absolute Gasteiger partial charge is 0.456 e. The van der Waals surface area contributed by atoms with Crippen LogP contribution in [0.3, 0.4) is 0 Å². The molecule has 0 radical (unpaired) electrons. The highest BCUT2D eigenvalue weighted by atomic mass is 16.5. The van der Waals surface area contributed by atoms with Gasteiger partial charge in [0.15, 0.2) is 0 Å². The lowest BCUT2D eigenvalue weighted by Gasteiger charge is -2.07. The Hall–Kier alpha value is -3.68. The number of carbonyl (C=O) groups excluding carboxylic acids is 2. The second-order valence-electron chi connectivity index (χ2n) is 5.66. The van der Waals surface area contributed by atoms with Gasteiger partial charge in [0.05, 0.1) is 11.3 Å². The van der Waals surface area contributed by atoms with Crippen LogP contribution in [0.25, 0.3) is 5.65 Å². The topological polar surface area (TPSA) is 116 Å². The van der Waals surface area contributed by atoms with E-state index in [9.17, 15) is 14.4 Å². The minimum atomic E-state index is -0.691. The van der Waals surface area contributed by atoms with Gasteiger partial charge in [0.2, 0.25) is 0 Å². The van der Waals surface area contributed by atoms with Gasteiger partial charge in [-0.05, 0) is 48.9 Å². The van der Waals surface area contributed by atoms with Crippen molar-refractivity contribution < 1.29 is 14.3 Å². The molecule has 3 aromatic rings. The average molecular weight is 352 g/mol. The maximum atomic E-state index is 12.1. The number of nitrogens with one attached hydrogen (secondary N) is 1. The summed E-state index contributed by atoms with van der Waals surface area (Å²) in [6.07, 6.45) is 1.65. The molecule has 0 saturated carbocycles. The second-order valence-corrected chi connectivity index (χ2v) is 5.66. The summed E-state index contributed by atoms with van der Waals surface area (Å²) in [5.41, 5.74) is 7.36. The SMILES string of the molecule is Cc1ccn2c(=O)cc(COC(=O)c3ccc(NC(N)=O)cc3)nc2c1. The van der Waals surface area contributed by atoms with Gasteiger partial charge in [0.25, 0.3) is 5.56 Å². The van der Waals surface area contributed by atoms with Crippen molar-refractivity contribution in [3.8, 4) is 0 Å². The maximum Gasteiger partial charge on any atom is 0.338 e. The Balaban J connectivity index is 1.72. The molecule has 26 heavy (non-hydrogen) atoms. The molecule has 0 unspecified atom stereocenters. The molecule has 0 fully saturated rings. The van der Waals surface area contributed by atoms with Gasteiger partial charge in [-0.2, -0.15) is 0 Å². The fourth-order valence-corrected chi connectivity index (χ4v) is 2.38. The predicted molar refractivity (Wildman–Crippen MR) is 95.0 cm³/mol. The zero-order valence-electron chi connectivity index (χ0n) is 13.9. The molecule has 3 rings (SSSR count). The first-order chi connectivity index (χ1) is 12.4. The molecule has 3 N–H and O–H groups in total. The highest BCUT2D eigenvalue weighted by Crippen LogP contribution is 2.11. The fraction of sp³-hybridized carbons (Fsp3) is 0.111. The summed E-state index contributed by atoms with van der Waals surface area (Å²) < 4.78 is 6.63. The first-order valence-electron chi connectivity index (χ1n) is 7.75. The van der Waals surface area contributed by atoms with Crippen LogP contribution >= 0.6 is 0 Å². The van der Waals surface area contributed by atoms with E-state index in [0.717, 1.165) is 5.56 Å². The van der Waals surface area contributed by atoms with Crippen LogP contribution in [-0.2, 0) is 11.3 Å². The monoisotopic (exact) mass is 352 g/mol. The molecule has 0 atom stereocenters. The number of hydrogen-bond donors (Lipinski definition) is 2. The minimum Gasteiger partial charge on any atom is -0.456 e. The number of nitrogens with two attached hydrogens (primary N) is 1. The number of urea groups is 1. The summed E-state index contributed by atoms with van der Waals surface area (Å²) in [4.78, 5) is 39.3. The molecule has 0 aliphatic carbocycles. The first-order valence-corrected chi connectivity index (χ1v) is 7.75. The number of pyridine rings is 1. The Bertz CT molecular complexity index is 1040. The third-order valence-corrected chi connectivity index (χ3v) is 3.62. The van der Waals surface area contributed by atoms with E-state index in [1.54, 1.807) is 12.3 Å². The maximum absolute atomic E-state index is 12.1. The Kier molecular flexibility index (Phi) is 4.66. The quantitative estimate of drug-likeness (QED) is 0.695. The van der Waals surface area contributed by atoms with Crippen molar-refractivity contribution in [3.05, 3.63) is 75.8 Å². The molecule has 0 aliphatic heterocycles. The van der Waals surface area contributed by atoms with Crippen molar-refractivity contribution in [3.63, 3.8) is 0 Å². The Morgan fingerprint density at radius 2 is 1.92 bits per heavy atom. The Morgan fingerprint density at radius 1 is 1.19 bits per heavy atom. The molecule has 8 heteroatoms. The van der Waals surface area contributed by atoms with Gasteiger partial charge in [0.1, 0.15) is 12.3 Å². The van der Waals surface area contributed by atoms with Crippen LogP contribution < -0.4 is 16.6 Å². The number of carbonyl (C=O) groups is 2. The van der Waals surface area contributed by atoms with Crippen molar-refractivity contribution in [2.75, 3.05) is 5.32 Å². The number of primary amides is 1. The number of amides is 2. The summed E-state index contributed by atoms with van der Waals surface area (Å²) in [5.74, 6) is -0.568. The van der Waals surface area contributed by atoms with Crippen molar-refractivity contribution >= 4 is 23.3 Å². The van der Waals surface area contributed by atoms with Crippen LogP contribution in [0.4, 0.5) is 10.5 Å². The third-order valence-electron chi connectivity index (χ3n) is 3.62. The summed E-state index contributed by atoms with van der Waals surface area (Å²) in [6.45, 7) is 1.77. The lowest BCUT2D eigenvalue weighted by atomic mass is 10.2. The molecule has 0 bridgehead atoms. The van der Waals surface area contributed by atoms with E-state index in [2.05, 4.69) is 10.3 Å². The van der Waals surface area contributed by atoms with Gasteiger partial charge in [-0.3, -0.25) is 9.20 Å². The average Bonchev–Trinajstić information content (AvgIpc) is 2.59. The summed E-state index contributed by atoms with van der Waals surface area (Å²) >= 11 is 0. The number of ether oxygens (including phenoxy) is 1. The highest BCUT2D eigenvalue weighted by Gasteiger charge is 2.10. The molecule has 2 aromatic heterocycles. The van der Waals surface area contributed by atoms with E-state index in [-0.39, 0.29) is 12.2 Å². The summed E-state index contributed by atoms with van der Waals surface area (Å²) in [5, 5.41) is 2.40. The van der Waals surface area contributed by atoms with Gasteiger partial charge in [-0.1, -0.05) is 0 Å². The number of nitrogens with zero attached hydrogens (tertiary/aromatic N) is 2. The first kappa shape index (κ1) is 17.2. The van der Waals surface area contributed by atoms with E-state index in [4.69, 9.17) is 10.5 Å². The van der Waals surface area contributed by atoms with Crippen molar-refractivity contribution in [1.29, 1.82) is 0 Å². The normalized spacial score (nSPS) is 10.5. The molecule has 2 heterocycles. The van der Waals surface area contributed by atoms with Gasteiger partial charge < -0.3 is 15.8 Å². The molecular weight excluding hydrogens is 336 g/mol. The Labute approximate surface area is 148 Å². The van der Waals surface area contributed by atoms with Gasteiger partial charge >= 0.3 is 12.0 Å². The molecule has 0 aliphatic rings. The van der Waals surface area contributed by atoms with Crippen LogP contribution in [0.1, 0.15) is 21.6 Å². The zero-order valence-corrected chi connectivity index (χ0v) is 13.9. The van der Waals surface area contributed by atoms with Crippen molar-refractivity contribution in [1.82, 2.24) is 9.38 Å². The minimum absolute atomic E-state index is 0.125. The van der Waals surface area contributed by atoms with Crippen molar-refractivity contribution in [2.24, 2.45) is 5.73 Å². The lowest BCUT2D eigenvalue weighted by molar-refractivity contribution is 0.0467. The molecule has 0 saturated heterocycles. The Morgan fingerprint density at radius 3 is 2.62 bits per heavy atom. The van der Waals surface area contributed by atoms with Gasteiger partial charge in [-0.25, -0.2) is 14.6 Å². The zero-order chi connectivity index (χ0) is 18.7. The second kappa shape index (κ2) is 7.06. The highest BCUT2D eigenvalue weighted by molar-refractivity contribution is 5.91. The van der Waals surface area contributed by atoms with Gasteiger partial charge in [0, 0.05) is 18.0 Å². The van der Waals surface area contributed by atoms with E-state index in [0.29, 0.717) is 22.6 Å². The summed E-state index contributed by atoms with van der Waals surface area (Å²) in [6, 6.07) is 10.3. The molecule has 0 spiro atoms. The number of rotatable bonds is 4. The van der Waals surface area contributed by atoms with E-state index < -0.39 is 12.0 Å². The number of benzene rings is 1. The third kappa shape index (κ3) is 3.86. The number of aryl methyl sites for hydroxylation is 1. The summed E-state index contributed by atoms with van der Waals surface area (Å²) in [7, 11) is 0. The molecule has 1 aromatic carbocycles. The smallest absolute Gasteiger partial charge is 0.338 e. The van der Waals surface area contributed by atoms with E-state index in [1.807, 2.05) is 13.0 Å². The molecule has 8 nitrogen and oxygen atoms in total. The number of aromatic nitrogens is 2. The predicted octanol–water partition coefficient (Wildman–Crippen LogP) is 1.85. The molecular formula is C18H16N4O4. The van der Waals surface area contributed by atoms with E-state index >= 15 is 0 Å². The van der Waals surface area contributed by atoms with Crippen LogP contribution in [0.15, 0.2) is 53.5 Å².